The zero-order valence-corrected chi connectivity index (χ0v) is 73.1. The van der Waals surface area contributed by atoms with Crippen LogP contribution in [0.1, 0.15) is 495 Å². The summed E-state index contributed by atoms with van der Waals surface area (Å²) in [4.78, 5) is 72.5. The number of rotatable bonds is 30. The molecular weight excluding hydrogens is 1460 g/mol. The summed E-state index contributed by atoms with van der Waals surface area (Å²) in [7, 11) is 0. The van der Waals surface area contributed by atoms with Crippen LogP contribution in [0.2, 0.25) is 0 Å². The van der Waals surface area contributed by atoms with Gasteiger partial charge in [-0.2, -0.15) is 0 Å². The quantitative estimate of drug-likeness (QED) is 0.0287. The van der Waals surface area contributed by atoms with Crippen molar-refractivity contribution in [2.45, 2.75) is 542 Å². The van der Waals surface area contributed by atoms with Crippen LogP contribution in [-0.2, 0) is 66.7 Å². The van der Waals surface area contributed by atoms with Crippen molar-refractivity contribution in [2.24, 2.45) is 91.7 Å². The van der Waals surface area contributed by atoms with E-state index in [-0.39, 0.29) is 169 Å². The summed E-state index contributed by atoms with van der Waals surface area (Å²) in [5, 5.41) is 0. The predicted octanol–water partition coefficient (Wildman–Crippen LogP) is 31.8. The van der Waals surface area contributed by atoms with Crippen LogP contribution in [0.25, 0.3) is 0 Å². The van der Waals surface area contributed by atoms with Crippen LogP contribution in [0, 0.1) is 91.7 Å². The van der Waals surface area contributed by atoms with Gasteiger partial charge in [0.2, 0.25) is 0 Å². The molecule has 0 aromatic heterocycles. The first-order valence-corrected chi connectivity index (χ1v) is 43.4. The van der Waals surface area contributed by atoms with Crippen molar-refractivity contribution in [3.8, 4) is 0 Å². The number of ether oxygens (including phenoxy) is 8. The van der Waals surface area contributed by atoms with Gasteiger partial charge in [0, 0.05) is 0 Å². The summed E-state index contributed by atoms with van der Waals surface area (Å²) >= 11 is 0. The van der Waals surface area contributed by atoms with Crippen molar-refractivity contribution in [2.75, 3.05) is 0 Å². The molecule has 9 rings (SSSR count). The Labute approximate surface area is 732 Å². The second-order valence-corrected chi connectivity index (χ2v) is 39.3. The van der Waals surface area contributed by atoms with Crippen LogP contribution in [-0.4, -0.2) is 83.0 Å². The fourth-order valence-corrected chi connectivity index (χ4v) is 18.1. The van der Waals surface area contributed by atoms with Crippen LogP contribution >= 0.6 is 0 Å². The maximum Gasteiger partial charge on any atom is 0.313 e. The molecule has 0 saturated heterocycles. The molecule has 708 valence electrons. The normalized spacial score (nSPS) is 23.7. The van der Waals surface area contributed by atoms with Gasteiger partial charge in [-0.1, -0.05) is 191 Å². The van der Waals surface area contributed by atoms with E-state index in [1.54, 1.807) is 0 Å². The van der Waals surface area contributed by atoms with E-state index >= 15 is 0 Å². The highest BCUT2D eigenvalue weighted by Gasteiger charge is 2.63. The van der Waals surface area contributed by atoms with Gasteiger partial charge in [0.05, 0.1) is 44.7 Å². The van der Waals surface area contributed by atoms with Crippen molar-refractivity contribution in [1.29, 1.82) is 0 Å². The van der Waals surface area contributed by atoms with E-state index in [4.69, 9.17) is 37.9 Å². The molecule has 117 heavy (non-hydrogen) atoms. The molecule has 0 aliphatic heterocycles. The Morgan fingerprint density at radius 1 is 0.342 bits per heavy atom. The number of carbonyl (C=O) groups excluding carboxylic acids is 6. The lowest BCUT2D eigenvalue weighted by atomic mass is 9.70. The Hall–Kier alpha value is -3.26. The van der Waals surface area contributed by atoms with Gasteiger partial charge in [-0.3, -0.25) is 28.8 Å². The van der Waals surface area contributed by atoms with Crippen LogP contribution in [0.5, 0.6) is 0 Å². The van der Waals surface area contributed by atoms with E-state index in [1.807, 2.05) is 138 Å². The molecule has 0 aromatic carbocycles. The zero-order valence-electron chi connectivity index (χ0n) is 73.1. The van der Waals surface area contributed by atoms with E-state index < -0.39 is 23.4 Å². The second kappa shape index (κ2) is 56.6. The van der Waals surface area contributed by atoms with Gasteiger partial charge < -0.3 is 37.9 Å². The first kappa shape index (κ1) is 132. The maximum atomic E-state index is 12.2. The minimum Gasteiger partial charge on any atom is -0.459 e. The van der Waals surface area contributed by atoms with Gasteiger partial charge in [0.1, 0.15) is 22.4 Å². The molecule has 14 nitrogen and oxygen atoms in total. The Morgan fingerprint density at radius 3 is 1.05 bits per heavy atom. The van der Waals surface area contributed by atoms with E-state index in [1.165, 1.54) is 103 Å². The molecule has 0 spiro atoms. The highest BCUT2D eigenvalue weighted by atomic mass is 16.7. The Morgan fingerprint density at radius 2 is 0.692 bits per heavy atom. The molecule has 0 N–H and O–H groups in total. The van der Waals surface area contributed by atoms with Gasteiger partial charge in [-0.25, -0.2) is 0 Å². The van der Waals surface area contributed by atoms with E-state index in [0.717, 1.165) is 151 Å². The average molecular weight is 1670 g/mol. The molecule has 9 aliphatic rings. The molecular formula is C103H212O14. The maximum absolute atomic E-state index is 12.2. The lowest BCUT2D eigenvalue weighted by Crippen LogP contribution is -2.39. The summed E-state index contributed by atoms with van der Waals surface area (Å²) in [5.41, 5.74) is -3.02. The van der Waals surface area contributed by atoms with Gasteiger partial charge in [-0.15, -0.1) is 0 Å². The molecule has 0 heterocycles. The highest BCUT2D eigenvalue weighted by molar-refractivity contribution is 5.78. The molecule has 14 heteroatoms. The van der Waals surface area contributed by atoms with Gasteiger partial charge in [0.15, 0.2) is 12.6 Å². The smallest absolute Gasteiger partial charge is 0.313 e. The minimum atomic E-state index is -0.415. The predicted molar refractivity (Wildman–Crippen MR) is 506 cm³/mol. The van der Waals surface area contributed by atoms with Crippen molar-refractivity contribution in [3.63, 3.8) is 0 Å². The first-order chi connectivity index (χ1) is 48.8. The summed E-state index contributed by atoms with van der Waals surface area (Å²) in [6.45, 7) is 56.3. The van der Waals surface area contributed by atoms with Crippen molar-refractivity contribution < 1.29 is 66.7 Å². The third-order valence-electron chi connectivity index (χ3n) is 28.3. The Kier molecular flexibility index (Phi) is 63.7. The van der Waals surface area contributed by atoms with Crippen LogP contribution in [0.15, 0.2) is 0 Å². The zero-order chi connectivity index (χ0) is 79.5. The number of esters is 6. The fraction of sp³-hybridized carbons (Fsp3) is 0.942. The summed E-state index contributed by atoms with van der Waals surface area (Å²) in [6, 6.07) is 0. The van der Waals surface area contributed by atoms with Crippen molar-refractivity contribution in [1.82, 2.24) is 0 Å². The topological polar surface area (TPSA) is 176 Å². The standard InChI is InChI=1S/C20H32O3.C15H26O3.C15H28O2.2C14H26O2.C13H26O2.12CH4/c1-5-20(3,4)19(21)23-11(2)22-16-10-14-9-15(16)18-13-7-6-12(8-13)17(14)18;1-5-15(3,4)14(16)18-10(2)17-13-9-11-6-7-12(13)8-11;1-6-14(4,5)13(16)17-15(11-12(2)3)9-7-8-10-15;1-6-13(2,3)12(15)16-14(4,5)11-9-7-8-10-11;1-5-9-14(10-7-8-11-14)16-12(15)13(3,4)6-2;1-7-12(5,6)11(14)15-13(8-2,9-3)10-4;;;;;;;;;;;;/h11-18H,5-10H2,1-4H3;10-13H,5-9H2,1-4H3;12H,6-11H2,1-5H3;11H,6-10H2,1-5H3;5-11H2,1-4H3;7-10H2,1-6H3;12*1H4. The number of carbonyl (C=O) groups is 6. The fourth-order valence-electron chi connectivity index (χ4n) is 18.1. The second-order valence-electron chi connectivity index (χ2n) is 39.3. The first-order valence-electron chi connectivity index (χ1n) is 43.4. The summed E-state index contributed by atoms with van der Waals surface area (Å²) in [6.07, 6.45) is 36.7. The summed E-state index contributed by atoms with van der Waals surface area (Å²) in [5.74, 6) is 7.85. The van der Waals surface area contributed by atoms with E-state index in [0.29, 0.717) is 30.0 Å². The Bertz CT molecular complexity index is 2650. The summed E-state index contributed by atoms with van der Waals surface area (Å²) < 4.78 is 46.4. The SMILES string of the molecule is C.C.C.C.C.C.C.C.C.C.C.C.CCC(C)(C)C(=O)OC(C)(C)C1CCCC1.CCC(C)(C)C(=O)OC(C)OC1CC2CC1C1C3CCC(C3)C21.CCC(C)(C)C(=O)OC(C)OC1CC2CCC1C2.CCC(C)(C)C(=O)OC1(CC(C)C)CCCC1.CCC(CC)(CC)OC(=O)C(C)(C)CC.CCCC1(OC(=O)C(C)(C)CC)CCCC1. The number of hydrogen-bond donors (Lipinski definition) is 0. The molecule has 12 atom stereocenters. The number of fused-ring (bicyclic) bond motifs is 11. The minimum absolute atomic E-state index is 0. The lowest BCUT2D eigenvalue weighted by molar-refractivity contribution is -0.202. The third kappa shape index (κ3) is 36.8. The molecule has 0 aromatic rings. The molecule has 0 radical (unpaired) electrons. The van der Waals surface area contributed by atoms with Gasteiger partial charge >= 0.3 is 35.8 Å². The van der Waals surface area contributed by atoms with Crippen molar-refractivity contribution in [3.05, 3.63) is 0 Å². The van der Waals surface area contributed by atoms with E-state index in [2.05, 4.69) is 55.4 Å². The molecule has 9 saturated carbocycles. The Balaban J connectivity index is -0.000000169. The number of hydrogen-bond acceptors (Lipinski definition) is 14. The lowest BCUT2D eigenvalue weighted by Gasteiger charge is -2.39. The van der Waals surface area contributed by atoms with Crippen LogP contribution in [0.3, 0.4) is 0 Å². The molecule has 9 aliphatic carbocycles. The highest BCUT2D eigenvalue weighted by Crippen LogP contribution is 2.68. The van der Waals surface area contributed by atoms with Crippen LogP contribution in [0.4, 0.5) is 0 Å². The monoisotopic (exact) mass is 1670 g/mol. The molecule has 6 bridgehead atoms. The molecule has 9 fully saturated rings. The van der Waals surface area contributed by atoms with Crippen molar-refractivity contribution >= 4 is 35.8 Å². The molecule has 0 amide bonds. The van der Waals surface area contributed by atoms with E-state index in [9.17, 15) is 28.8 Å². The third-order valence-corrected chi connectivity index (χ3v) is 28.3. The average Bonchev–Trinajstić information content (AvgIpc) is 1.55. The van der Waals surface area contributed by atoms with Crippen LogP contribution < -0.4 is 0 Å². The largest absolute Gasteiger partial charge is 0.459 e. The van der Waals surface area contributed by atoms with Gasteiger partial charge in [-0.05, 0) is 363 Å². The van der Waals surface area contributed by atoms with Gasteiger partial charge in [0.25, 0.3) is 0 Å². The molecule has 12 unspecified atom stereocenters.